The van der Waals surface area contributed by atoms with Gasteiger partial charge in [-0.25, -0.2) is 0 Å². The van der Waals surface area contributed by atoms with Crippen LogP contribution in [-0.4, -0.2) is 17.7 Å². The monoisotopic (exact) mass is 295 g/mol. The van der Waals surface area contributed by atoms with Gasteiger partial charge >= 0.3 is 0 Å². The molecule has 0 bridgehead atoms. The van der Waals surface area contributed by atoms with E-state index in [2.05, 4.69) is 5.32 Å². The molecule has 1 aliphatic rings. The number of piperidine rings is 1. The van der Waals surface area contributed by atoms with Crippen molar-refractivity contribution in [3.63, 3.8) is 0 Å². The fourth-order valence-corrected chi connectivity index (χ4v) is 2.63. The highest BCUT2D eigenvalue weighted by Gasteiger charge is 2.24. The van der Waals surface area contributed by atoms with Gasteiger partial charge in [0.2, 0.25) is 0 Å². The van der Waals surface area contributed by atoms with Crippen LogP contribution in [0.4, 0.5) is 0 Å². The number of halogens is 3. The second-order valence-corrected chi connectivity index (χ2v) is 5.01. The molecule has 2 rings (SSSR count). The topological polar surface area (TPSA) is 32.3 Å². The minimum absolute atomic E-state index is 0. The smallest absolute Gasteiger partial charge is 0.0957 e. The first-order chi connectivity index (χ1) is 7.68. The van der Waals surface area contributed by atoms with Crippen molar-refractivity contribution in [1.82, 2.24) is 5.32 Å². The molecule has 1 saturated heterocycles. The van der Waals surface area contributed by atoms with E-state index in [0.29, 0.717) is 10.0 Å². The van der Waals surface area contributed by atoms with Gasteiger partial charge in [0.25, 0.3) is 0 Å². The first-order valence-electron chi connectivity index (χ1n) is 5.55. The average Bonchev–Trinajstić information content (AvgIpc) is 2.29. The molecule has 0 aromatic heterocycles. The molecule has 2 nitrogen and oxygen atoms in total. The normalized spacial score (nSPS) is 21.7. The third-order valence-electron chi connectivity index (χ3n) is 3.01. The van der Waals surface area contributed by atoms with E-state index in [4.69, 9.17) is 23.2 Å². The van der Waals surface area contributed by atoms with E-state index < -0.39 is 6.10 Å². The minimum atomic E-state index is -0.551. The highest BCUT2D eigenvalue weighted by Crippen LogP contribution is 2.30. The zero-order chi connectivity index (χ0) is 11.5. The van der Waals surface area contributed by atoms with Gasteiger partial charge in [-0.05, 0) is 31.5 Å². The first kappa shape index (κ1) is 15.1. The predicted molar refractivity (Wildman–Crippen MR) is 74.3 cm³/mol. The Kier molecular flexibility index (Phi) is 6.04. The van der Waals surface area contributed by atoms with Gasteiger partial charge in [-0.15, -0.1) is 12.4 Å². The van der Waals surface area contributed by atoms with Gasteiger partial charge < -0.3 is 10.4 Å². The van der Waals surface area contributed by atoms with Gasteiger partial charge in [0.15, 0.2) is 0 Å². The summed E-state index contributed by atoms with van der Waals surface area (Å²) in [7, 11) is 0. The molecule has 0 spiro atoms. The number of aliphatic hydroxyl groups is 1. The fraction of sp³-hybridized carbons (Fsp3) is 0.500. The number of aliphatic hydroxyl groups excluding tert-OH is 1. The standard InChI is InChI=1S/C12H15Cl2NO.ClH/c13-8-4-5-9(10(14)7-8)12(16)11-3-1-2-6-15-11;/h4-5,7,11-12,15-16H,1-3,6H2;1H. The van der Waals surface area contributed by atoms with Crippen molar-refractivity contribution in [3.05, 3.63) is 33.8 Å². The van der Waals surface area contributed by atoms with Crippen LogP contribution in [0.3, 0.4) is 0 Å². The van der Waals surface area contributed by atoms with E-state index in [9.17, 15) is 5.11 Å². The minimum Gasteiger partial charge on any atom is -0.387 e. The maximum atomic E-state index is 10.2. The molecular weight excluding hydrogens is 280 g/mol. The molecule has 2 N–H and O–H groups in total. The lowest BCUT2D eigenvalue weighted by atomic mass is 9.95. The summed E-state index contributed by atoms with van der Waals surface area (Å²) in [4.78, 5) is 0. The van der Waals surface area contributed by atoms with E-state index >= 15 is 0 Å². The van der Waals surface area contributed by atoms with Gasteiger partial charge in [-0.1, -0.05) is 35.7 Å². The zero-order valence-corrected chi connectivity index (χ0v) is 11.7. The molecule has 0 saturated carbocycles. The largest absolute Gasteiger partial charge is 0.387 e. The van der Waals surface area contributed by atoms with Gasteiger partial charge in [0, 0.05) is 21.7 Å². The molecule has 0 aliphatic carbocycles. The lowest BCUT2D eigenvalue weighted by molar-refractivity contribution is 0.114. The van der Waals surface area contributed by atoms with Gasteiger partial charge in [0.1, 0.15) is 0 Å². The van der Waals surface area contributed by atoms with Crippen LogP contribution >= 0.6 is 35.6 Å². The zero-order valence-electron chi connectivity index (χ0n) is 9.33. The summed E-state index contributed by atoms with van der Waals surface area (Å²) in [6.45, 7) is 0.965. The van der Waals surface area contributed by atoms with E-state index in [1.54, 1.807) is 18.2 Å². The lowest BCUT2D eigenvalue weighted by Crippen LogP contribution is -2.38. The van der Waals surface area contributed by atoms with Crippen LogP contribution in [0.25, 0.3) is 0 Å². The average molecular weight is 297 g/mol. The maximum absolute atomic E-state index is 10.2. The van der Waals surface area contributed by atoms with Crippen LogP contribution in [0.15, 0.2) is 18.2 Å². The molecule has 2 atom stereocenters. The maximum Gasteiger partial charge on any atom is 0.0957 e. The van der Waals surface area contributed by atoms with Gasteiger partial charge in [-0.2, -0.15) is 0 Å². The Bertz CT molecular complexity index is 367. The van der Waals surface area contributed by atoms with Crippen molar-refractivity contribution in [3.8, 4) is 0 Å². The molecular formula is C12H16Cl3NO. The predicted octanol–water partition coefficient (Wildman–Crippen LogP) is 3.59. The Labute approximate surface area is 118 Å². The van der Waals surface area contributed by atoms with Crippen molar-refractivity contribution in [2.24, 2.45) is 0 Å². The molecule has 5 heteroatoms. The van der Waals surface area contributed by atoms with Crippen LogP contribution in [0, 0.1) is 0 Å². The molecule has 96 valence electrons. The van der Waals surface area contributed by atoms with Crippen molar-refractivity contribution >= 4 is 35.6 Å². The summed E-state index contributed by atoms with van der Waals surface area (Å²) in [5.74, 6) is 0. The Morgan fingerprint density at radius 3 is 2.65 bits per heavy atom. The van der Waals surface area contributed by atoms with E-state index in [1.165, 1.54) is 6.42 Å². The molecule has 1 fully saturated rings. The SMILES string of the molecule is Cl.OC(c1ccc(Cl)cc1Cl)C1CCCCN1. The van der Waals surface area contributed by atoms with Crippen molar-refractivity contribution in [2.75, 3.05) is 6.54 Å². The number of rotatable bonds is 2. The fourth-order valence-electron chi connectivity index (χ4n) is 2.11. The van der Waals surface area contributed by atoms with Gasteiger partial charge in [-0.3, -0.25) is 0 Å². The Morgan fingerprint density at radius 1 is 1.29 bits per heavy atom. The molecule has 1 aliphatic heterocycles. The van der Waals surface area contributed by atoms with Crippen molar-refractivity contribution in [2.45, 2.75) is 31.4 Å². The molecule has 0 amide bonds. The summed E-state index contributed by atoms with van der Waals surface area (Å²) in [5.41, 5.74) is 0.755. The lowest BCUT2D eigenvalue weighted by Gasteiger charge is -2.28. The van der Waals surface area contributed by atoms with Crippen LogP contribution in [0.1, 0.15) is 30.9 Å². The van der Waals surface area contributed by atoms with Crippen LogP contribution in [-0.2, 0) is 0 Å². The van der Waals surface area contributed by atoms with Crippen LogP contribution in [0.5, 0.6) is 0 Å². The molecule has 2 unspecified atom stereocenters. The molecule has 17 heavy (non-hydrogen) atoms. The van der Waals surface area contributed by atoms with E-state index in [0.717, 1.165) is 24.9 Å². The number of nitrogens with one attached hydrogen (secondary N) is 1. The molecule has 1 aromatic carbocycles. The van der Waals surface area contributed by atoms with E-state index in [-0.39, 0.29) is 18.4 Å². The summed E-state index contributed by atoms with van der Waals surface area (Å²) in [5, 5.41) is 14.7. The van der Waals surface area contributed by atoms with Gasteiger partial charge in [0.05, 0.1) is 6.10 Å². The molecule has 1 heterocycles. The Balaban J connectivity index is 0.00000144. The number of hydrogen-bond acceptors (Lipinski definition) is 2. The van der Waals surface area contributed by atoms with Crippen molar-refractivity contribution < 1.29 is 5.11 Å². The van der Waals surface area contributed by atoms with Crippen LogP contribution < -0.4 is 5.32 Å². The second-order valence-electron chi connectivity index (χ2n) is 4.17. The first-order valence-corrected chi connectivity index (χ1v) is 6.30. The van der Waals surface area contributed by atoms with E-state index in [1.807, 2.05) is 0 Å². The summed E-state index contributed by atoms with van der Waals surface area (Å²) in [6, 6.07) is 5.33. The number of hydrogen-bond donors (Lipinski definition) is 2. The van der Waals surface area contributed by atoms with Crippen molar-refractivity contribution in [1.29, 1.82) is 0 Å². The summed E-state index contributed by atoms with van der Waals surface area (Å²) in [6.07, 6.45) is 2.77. The Morgan fingerprint density at radius 2 is 2.06 bits per heavy atom. The highest BCUT2D eigenvalue weighted by molar-refractivity contribution is 6.35. The summed E-state index contributed by atoms with van der Waals surface area (Å²) < 4.78 is 0. The number of benzene rings is 1. The second kappa shape index (κ2) is 6.81. The quantitative estimate of drug-likeness (QED) is 0.874. The molecule has 0 radical (unpaired) electrons. The third-order valence-corrected chi connectivity index (χ3v) is 3.57. The Hall–Kier alpha value is 0.01000. The summed E-state index contributed by atoms with van der Waals surface area (Å²) >= 11 is 11.9. The molecule has 1 aromatic rings. The van der Waals surface area contributed by atoms with Crippen LogP contribution in [0.2, 0.25) is 10.0 Å². The highest BCUT2D eigenvalue weighted by atomic mass is 35.5. The third kappa shape index (κ3) is 3.73.